The first-order valence-electron chi connectivity index (χ1n) is 7.63. The first kappa shape index (κ1) is 17.2. The summed E-state index contributed by atoms with van der Waals surface area (Å²) in [6.07, 6.45) is 1.13. The van der Waals surface area contributed by atoms with Gasteiger partial charge in [-0.05, 0) is 39.0 Å². The van der Waals surface area contributed by atoms with E-state index in [1.165, 1.54) is 12.1 Å². The van der Waals surface area contributed by atoms with Crippen LogP contribution in [0.15, 0.2) is 18.2 Å². The number of benzene rings is 1. The van der Waals surface area contributed by atoms with E-state index >= 15 is 0 Å². The van der Waals surface area contributed by atoms with Crippen molar-refractivity contribution in [3.63, 3.8) is 0 Å². The van der Waals surface area contributed by atoms with Gasteiger partial charge in [-0.1, -0.05) is 0 Å². The maximum Gasteiger partial charge on any atom is 0.330 e. The number of carbonyl (C=O) groups excluding carboxylic acids is 1. The number of nitrogens with zero attached hydrogens (tertiary/aromatic N) is 2. The van der Waals surface area contributed by atoms with Gasteiger partial charge in [-0.15, -0.1) is 5.06 Å². The van der Waals surface area contributed by atoms with Crippen molar-refractivity contribution in [2.24, 2.45) is 5.41 Å². The maximum absolute atomic E-state index is 13.8. The van der Waals surface area contributed by atoms with Gasteiger partial charge in [0.25, 0.3) is 0 Å². The van der Waals surface area contributed by atoms with Crippen LogP contribution in [0.5, 0.6) is 5.75 Å². The third-order valence-corrected chi connectivity index (χ3v) is 3.58. The summed E-state index contributed by atoms with van der Waals surface area (Å²) in [5, 5.41) is 10.4. The second-order valence-electron chi connectivity index (χ2n) is 6.63. The standard InChI is InChI=1S/C17H21FN2O3/c1-17(2,3)16(21)23-20-8-6-13(7-9-20)22-15-5-4-12(11-19)10-14(15)18/h4-5,10,13H,6-9H2,1-3H3. The summed E-state index contributed by atoms with van der Waals surface area (Å²) >= 11 is 0. The van der Waals surface area contributed by atoms with Gasteiger partial charge in [-0.2, -0.15) is 5.26 Å². The summed E-state index contributed by atoms with van der Waals surface area (Å²) in [6, 6.07) is 6.04. The monoisotopic (exact) mass is 320 g/mol. The molecule has 1 heterocycles. The first-order chi connectivity index (χ1) is 10.8. The van der Waals surface area contributed by atoms with Crippen molar-refractivity contribution in [2.75, 3.05) is 13.1 Å². The molecule has 0 atom stereocenters. The molecule has 0 spiro atoms. The van der Waals surface area contributed by atoms with Crippen molar-refractivity contribution >= 4 is 5.97 Å². The molecule has 6 heteroatoms. The summed E-state index contributed by atoms with van der Waals surface area (Å²) in [5.41, 5.74) is -0.280. The Labute approximate surface area is 135 Å². The summed E-state index contributed by atoms with van der Waals surface area (Å²) in [7, 11) is 0. The molecule has 0 aliphatic carbocycles. The lowest BCUT2D eigenvalue weighted by Gasteiger charge is -2.32. The van der Waals surface area contributed by atoms with Crippen LogP contribution in [0.25, 0.3) is 0 Å². The van der Waals surface area contributed by atoms with Gasteiger partial charge in [0, 0.05) is 25.9 Å². The molecule has 1 fully saturated rings. The van der Waals surface area contributed by atoms with Gasteiger partial charge in [0.15, 0.2) is 11.6 Å². The number of nitriles is 1. The predicted octanol–water partition coefficient (Wildman–Crippen LogP) is 3.04. The van der Waals surface area contributed by atoms with Gasteiger partial charge in [0.2, 0.25) is 0 Å². The molecule has 5 nitrogen and oxygen atoms in total. The Morgan fingerprint density at radius 2 is 2.00 bits per heavy atom. The Morgan fingerprint density at radius 1 is 1.35 bits per heavy atom. The lowest BCUT2D eigenvalue weighted by molar-refractivity contribution is -0.207. The lowest BCUT2D eigenvalue weighted by atomic mass is 9.98. The normalized spacial score (nSPS) is 16.7. The molecule has 0 aromatic heterocycles. The zero-order valence-corrected chi connectivity index (χ0v) is 13.6. The highest BCUT2D eigenvalue weighted by Crippen LogP contribution is 2.24. The van der Waals surface area contributed by atoms with Crippen LogP contribution in [0.3, 0.4) is 0 Å². The zero-order valence-electron chi connectivity index (χ0n) is 13.6. The van der Waals surface area contributed by atoms with E-state index < -0.39 is 11.2 Å². The van der Waals surface area contributed by atoms with Crippen LogP contribution in [0.1, 0.15) is 39.2 Å². The molecule has 0 N–H and O–H groups in total. The average Bonchev–Trinajstić information content (AvgIpc) is 2.50. The van der Waals surface area contributed by atoms with Crippen molar-refractivity contribution in [3.05, 3.63) is 29.6 Å². The van der Waals surface area contributed by atoms with Crippen LogP contribution in [0, 0.1) is 22.6 Å². The second kappa shape index (κ2) is 6.97. The van der Waals surface area contributed by atoms with E-state index in [0.717, 1.165) is 6.07 Å². The fourth-order valence-corrected chi connectivity index (χ4v) is 2.14. The van der Waals surface area contributed by atoms with Crippen LogP contribution in [0.4, 0.5) is 4.39 Å². The van der Waals surface area contributed by atoms with Crippen LogP contribution in [-0.4, -0.2) is 30.2 Å². The van der Waals surface area contributed by atoms with E-state index in [4.69, 9.17) is 14.8 Å². The second-order valence-corrected chi connectivity index (χ2v) is 6.63. The van der Waals surface area contributed by atoms with Gasteiger partial charge in [0.05, 0.1) is 17.0 Å². The molecule has 0 unspecified atom stereocenters. The smallest absolute Gasteiger partial charge is 0.330 e. The molecule has 0 radical (unpaired) electrons. The number of piperidine rings is 1. The SMILES string of the molecule is CC(C)(C)C(=O)ON1CCC(Oc2ccc(C#N)cc2F)CC1. The fourth-order valence-electron chi connectivity index (χ4n) is 2.14. The minimum absolute atomic E-state index is 0.137. The molecular weight excluding hydrogens is 299 g/mol. The topological polar surface area (TPSA) is 62.6 Å². The van der Waals surface area contributed by atoms with E-state index in [9.17, 15) is 9.18 Å². The maximum atomic E-state index is 13.8. The van der Waals surface area contributed by atoms with E-state index in [1.54, 1.807) is 25.8 Å². The summed E-state index contributed by atoms with van der Waals surface area (Å²) in [6.45, 7) is 6.51. The van der Waals surface area contributed by atoms with E-state index in [-0.39, 0.29) is 23.4 Å². The number of hydroxylamine groups is 2. The molecule has 2 rings (SSSR count). The highest BCUT2D eigenvalue weighted by molar-refractivity contribution is 5.75. The molecule has 1 aliphatic heterocycles. The average molecular weight is 320 g/mol. The Bertz CT molecular complexity index is 611. The number of rotatable bonds is 3. The third-order valence-electron chi connectivity index (χ3n) is 3.58. The largest absolute Gasteiger partial charge is 0.487 e. The minimum atomic E-state index is -0.543. The molecule has 0 bridgehead atoms. The third kappa shape index (κ3) is 4.67. The van der Waals surface area contributed by atoms with Crippen molar-refractivity contribution in [1.29, 1.82) is 5.26 Å². The first-order valence-corrected chi connectivity index (χ1v) is 7.63. The highest BCUT2D eigenvalue weighted by Gasteiger charge is 2.29. The predicted molar refractivity (Wildman–Crippen MR) is 81.9 cm³/mol. The summed E-state index contributed by atoms with van der Waals surface area (Å²) in [4.78, 5) is 17.2. The van der Waals surface area contributed by atoms with Gasteiger partial charge in [0.1, 0.15) is 6.10 Å². The van der Waals surface area contributed by atoms with Crippen LogP contribution >= 0.6 is 0 Å². The number of ether oxygens (including phenoxy) is 1. The number of hydrogen-bond donors (Lipinski definition) is 0. The molecule has 23 heavy (non-hydrogen) atoms. The molecule has 1 aromatic carbocycles. The quantitative estimate of drug-likeness (QED) is 0.856. The van der Waals surface area contributed by atoms with Gasteiger partial charge in [-0.3, -0.25) is 0 Å². The van der Waals surface area contributed by atoms with Gasteiger partial charge in [-0.25, -0.2) is 9.18 Å². The zero-order chi connectivity index (χ0) is 17.0. The molecule has 1 aliphatic rings. The molecular formula is C17H21FN2O3. The van der Waals surface area contributed by atoms with E-state index in [0.29, 0.717) is 25.9 Å². The Kier molecular flexibility index (Phi) is 5.22. The van der Waals surface area contributed by atoms with Crippen LogP contribution in [0.2, 0.25) is 0 Å². The lowest BCUT2D eigenvalue weighted by Crippen LogP contribution is -2.41. The molecule has 1 aromatic rings. The van der Waals surface area contributed by atoms with Gasteiger partial charge >= 0.3 is 5.97 Å². The summed E-state index contributed by atoms with van der Waals surface area (Å²) < 4.78 is 19.5. The minimum Gasteiger partial charge on any atom is -0.487 e. The van der Waals surface area contributed by atoms with Crippen molar-refractivity contribution < 1.29 is 18.8 Å². The molecule has 0 amide bonds. The van der Waals surface area contributed by atoms with Crippen molar-refractivity contribution in [2.45, 2.75) is 39.7 Å². The number of halogens is 1. The van der Waals surface area contributed by atoms with Crippen LogP contribution in [-0.2, 0) is 9.63 Å². The molecule has 1 saturated heterocycles. The van der Waals surface area contributed by atoms with Crippen LogP contribution < -0.4 is 4.74 Å². The van der Waals surface area contributed by atoms with Crippen molar-refractivity contribution in [1.82, 2.24) is 5.06 Å². The molecule has 0 saturated carbocycles. The van der Waals surface area contributed by atoms with Gasteiger partial charge < -0.3 is 9.57 Å². The Balaban J connectivity index is 1.86. The Hall–Kier alpha value is -2.13. The highest BCUT2D eigenvalue weighted by atomic mass is 19.1. The fraction of sp³-hybridized carbons (Fsp3) is 0.529. The van der Waals surface area contributed by atoms with E-state index in [2.05, 4.69) is 0 Å². The van der Waals surface area contributed by atoms with E-state index in [1.807, 2.05) is 6.07 Å². The number of hydrogen-bond acceptors (Lipinski definition) is 5. The van der Waals surface area contributed by atoms with Crippen molar-refractivity contribution in [3.8, 4) is 11.8 Å². The number of carbonyl (C=O) groups is 1. The Morgan fingerprint density at radius 3 is 2.52 bits per heavy atom. The summed E-state index contributed by atoms with van der Waals surface area (Å²) in [5.74, 6) is -0.658. The molecule has 124 valence electrons.